The fraction of sp³-hybridized carbons (Fsp3) is 0.227. The van der Waals surface area contributed by atoms with Gasteiger partial charge in [0, 0.05) is 16.8 Å². The summed E-state index contributed by atoms with van der Waals surface area (Å²) in [6, 6.07) is 6.25. The second-order valence-corrected chi connectivity index (χ2v) is 9.20. The van der Waals surface area contributed by atoms with Crippen molar-refractivity contribution in [2.24, 2.45) is 5.73 Å². The first-order valence-electron chi connectivity index (χ1n) is 9.76. The Balaban J connectivity index is 1.78. The number of nitrogens with one attached hydrogen (secondary N) is 1. The molecular weight excluding hydrogens is 428 g/mol. The molecule has 0 bridgehead atoms. The van der Waals surface area contributed by atoms with Crippen molar-refractivity contribution in [1.29, 1.82) is 0 Å². The molecule has 2 aromatic heterocycles. The van der Waals surface area contributed by atoms with Crippen LogP contribution in [-0.4, -0.2) is 51.7 Å². The fourth-order valence-corrected chi connectivity index (χ4v) is 5.09. The Kier molecular flexibility index (Phi) is 5.57. The van der Waals surface area contributed by atoms with E-state index in [9.17, 15) is 13.2 Å². The quantitative estimate of drug-likeness (QED) is 0.513. The van der Waals surface area contributed by atoms with Gasteiger partial charge in [-0.3, -0.25) is 9.89 Å². The third kappa shape index (κ3) is 3.66. The summed E-state index contributed by atoms with van der Waals surface area (Å²) in [6.45, 7) is -0.249. The summed E-state index contributed by atoms with van der Waals surface area (Å²) in [7, 11) is -3.85. The van der Waals surface area contributed by atoms with Crippen molar-refractivity contribution in [3.63, 3.8) is 0 Å². The molecule has 0 spiro atoms. The molecule has 1 aliphatic carbocycles. The van der Waals surface area contributed by atoms with Crippen molar-refractivity contribution in [2.75, 3.05) is 13.1 Å². The molecule has 3 N–H and O–H groups in total. The molecule has 162 valence electrons. The van der Waals surface area contributed by atoms with Gasteiger partial charge in [0.05, 0.1) is 47.7 Å². The number of sulfonamides is 1. The van der Waals surface area contributed by atoms with Gasteiger partial charge < -0.3 is 5.73 Å². The van der Waals surface area contributed by atoms with E-state index in [2.05, 4.69) is 27.1 Å². The zero-order valence-electron chi connectivity index (χ0n) is 17.1. The maximum atomic E-state index is 12.9. The normalized spacial score (nSPS) is 12.6. The van der Waals surface area contributed by atoms with Gasteiger partial charge in [-0.25, -0.2) is 13.1 Å². The van der Waals surface area contributed by atoms with Gasteiger partial charge in [0.25, 0.3) is 0 Å². The third-order valence-corrected chi connectivity index (χ3v) is 7.07. The Hall–Kier alpha value is -3.86. The summed E-state index contributed by atoms with van der Waals surface area (Å²) in [5, 5.41) is 11.8. The summed E-state index contributed by atoms with van der Waals surface area (Å²) in [6.07, 6.45) is 13.7. The third-order valence-electron chi connectivity index (χ3n) is 5.26. The Morgan fingerprint density at radius 2 is 1.88 bits per heavy atom. The number of primary amides is 1. The Morgan fingerprint density at radius 1 is 1.19 bits per heavy atom. The predicted octanol–water partition coefficient (Wildman–Crippen LogP) is 0.646. The van der Waals surface area contributed by atoms with Crippen molar-refractivity contribution in [3.05, 3.63) is 47.4 Å². The molecule has 0 saturated carbocycles. The van der Waals surface area contributed by atoms with Crippen molar-refractivity contribution in [2.45, 2.75) is 24.2 Å². The van der Waals surface area contributed by atoms with Crippen LogP contribution in [-0.2, 0) is 34.1 Å². The Morgan fingerprint density at radius 3 is 2.50 bits per heavy atom. The molecule has 1 aromatic carbocycles. The van der Waals surface area contributed by atoms with Crippen LogP contribution in [0.15, 0.2) is 35.4 Å². The largest absolute Gasteiger partial charge is 0.369 e. The van der Waals surface area contributed by atoms with Crippen LogP contribution in [0, 0.1) is 24.7 Å². The summed E-state index contributed by atoms with van der Waals surface area (Å²) >= 11 is 0. The van der Waals surface area contributed by atoms with E-state index in [1.807, 2.05) is 0 Å². The predicted molar refractivity (Wildman–Crippen MR) is 118 cm³/mol. The van der Waals surface area contributed by atoms with Gasteiger partial charge in [-0.15, -0.1) is 12.8 Å². The first kappa shape index (κ1) is 21.4. The number of amides is 1. The summed E-state index contributed by atoms with van der Waals surface area (Å²) in [4.78, 5) is 11.6. The smallest absolute Gasteiger partial charge is 0.244 e. The summed E-state index contributed by atoms with van der Waals surface area (Å²) in [5.74, 6) is 4.16. The number of carbonyl (C=O) groups excluding carboxylic acids is 1. The topological polar surface area (TPSA) is 127 Å². The van der Waals surface area contributed by atoms with Gasteiger partial charge in [-0.1, -0.05) is 11.8 Å². The lowest BCUT2D eigenvalue weighted by Gasteiger charge is -2.18. The number of benzene rings is 1. The number of nitrogens with zero attached hydrogens (tertiary/aromatic N) is 4. The molecule has 9 nitrogen and oxygen atoms in total. The van der Waals surface area contributed by atoms with Crippen LogP contribution < -0.4 is 5.73 Å². The molecule has 0 unspecified atom stereocenters. The van der Waals surface area contributed by atoms with Gasteiger partial charge in [-0.05, 0) is 37.1 Å². The maximum Gasteiger partial charge on any atom is 0.244 e. The van der Waals surface area contributed by atoms with Crippen LogP contribution in [0.4, 0.5) is 0 Å². The lowest BCUT2D eigenvalue weighted by atomic mass is 9.93. The summed E-state index contributed by atoms with van der Waals surface area (Å²) < 4.78 is 28.5. The number of hydrogen-bond donors (Lipinski definition) is 2. The molecule has 2 heterocycles. The van der Waals surface area contributed by atoms with Crippen molar-refractivity contribution in [1.82, 2.24) is 24.3 Å². The number of H-pyrrole nitrogens is 1. The zero-order chi connectivity index (χ0) is 22.9. The highest BCUT2D eigenvalue weighted by molar-refractivity contribution is 7.89. The van der Waals surface area contributed by atoms with Gasteiger partial charge in [0.1, 0.15) is 0 Å². The number of aromatic nitrogens is 4. The molecule has 1 amide bonds. The molecule has 0 fully saturated rings. The lowest BCUT2D eigenvalue weighted by Crippen LogP contribution is -2.31. The van der Waals surface area contributed by atoms with Crippen LogP contribution in [0.5, 0.6) is 0 Å². The second kappa shape index (κ2) is 8.35. The monoisotopic (exact) mass is 448 g/mol. The van der Waals surface area contributed by atoms with E-state index in [0.717, 1.165) is 33.2 Å². The van der Waals surface area contributed by atoms with Gasteiger partial charge in [0.15, 0.2) is 0 Å². The number of carbonyl (C=O) groups is 1. The first-order valence-corrected chi connectivity index (χ1v) is 11.2. The van der Waals surface area contributed by atoms with E-state index in [1.54, 1.807) is 23.0 Å². The van der Waals surface area contributed by atoms with Crippen molar-refractivity contribution in [3.8, 4) is 41.6 Å². The highest BCUT2D eigenvalue weighted by Crippen LogP contribution is 2.36. The molecule has 0 aliphatic heterocycles. The molecule has 0 atom stereocenters. The molecule has 4 rings (SSSR count). The minimum atomic E-state index is -3.85. The Bertz CT molecular complexity index is 1350. The number of hydrogen-bond acceptors (Lipinski definition) is 5. The van der Waals surface area contributed by atoms with Crippen LogP contribution in [0.3, 0.4) is 0 Å². The lowest BCUT2D eigenvalue weighted by molar-refractivity contribution is -0.117. The van der Waals surface area contributed by atoms with Gasteiger partial charge in [0.2, 0.25) is 15.9 Å². The van der Waals surface area contributed by atoms with E-state index in [1.165, 1.54) is 12.1 Å². The van der Waals surface area contributed by atoms with E-state index in [0.29, 0.717) is 17.8 Å². The molecule has 0 saturated heterocycles. The Labute approximate surface area is 185 Å². The number of aryl methyl sites for hydroxylation is 1. The molecule has 10 heteroatoms. The second-order valence-electron chi connectivity index (χ2n) is 7.27. The van der Waals surface area contributed by atoms with Crippen LogP contribution >= 0.6 is 0 Å². The van der Waals surface area contributed by atoms with Crippen LogP contribution in [0.2, 0.25) is 0 Å². The van der Waals surface area contributed by atoms with Crippen molar-refractivity contribution >= 4 is 15.9 Å². The molecule has 3 aromatic rings. The number of rotatable bonds is 7. The van der Waals surface area contributed by atoms with E-state index in [4.69, 9.17) is 18.6 Å². The zero-order valence-corrected chi connectivity index (χ0v) is 17.9. The standard InChI is InChI=1S/C22H20N6O3S/c1-3-11-27(12-4-2)32(30,31)16-7-5-15(6-8-16)28-22-17(20(26-28)13-21(23)29)9-10-19-18(22)14-24-25-19/h1-2,5-8,14H,9-13H2,(H2,23,29)(H,24,25). The number of fused-ring (bicyclic) bond motifs is 3. The average Bonchev–Trinajstić information content (AvgIpc) is 3.38. The molecular formula is C22H20N6O3S. The fourth-order valence-electron chi connectivity index (χ4n) is 3.82. The summed E-state index contributed by atoms with van der Waals surface area (Å²) in [5.41, 5.74) is 10.3. The minimum absolute atomic E-state index is 0.0160. The highest BCUT2D eigenvalue weighted by Gasteiger charge is 2.28. The van der Waals surface area contributed by atoms with Gasteiger partial charge >= 0.3 is 0 Å². The number of terminal acetylenes is 2. The van der Waals surface area contributed by atoms with Crippen LogP contribution in [0.1, 0.15) is 17.0 Å². The maximum absolute atomic E-state index is 12.9. The SMILES string of the molecule is C#CCN(CC#C)S(=O)(=O)c1ccc(-n2nc(CC(N)=O)c3c2-c2cn[nH]c2CC3)cc1. The highest BCUT2D eigenvalue weighted by atomic mass is 32.2. The van der Waals surface area contributed by atoms with Crippen LogP contribution in [0.25, 0.3) is 16.9 Å². The minimum Gasteiger partial charge on any atom is -0.369 e. The van der Waals surface area contributed by atoms with Crippen molar-refractivity contribution < 1.29 is 13.2 Å². The van der Waals surface area contributed by atoms with E-state index < -0.39 is 15.9 Å². The number of aromatic amines is 1. The average molecular weight is 449 g/mol. The molecule has 1 aliphatic rings. The first-order chi connectivity index (χ1) is 15.4. The molecule has 32 heavy (non-hydrogen) atoms. The van der Waals surface area contributed by atoms with Gasteiger partial charge in [-0.2, -0.15) is 14.5 Å². The number of nitrogens with two attached hydrogens (primary N) is 1. The van der Waals surface area contributed by atoms with E-state index in [-0.39, 0.29) is 24.4 Å². The molecule has 0 radical (unpaired) electrons. The van der Waals surface area contributed by atoms with E-state index >= 15 is 0 Å².